The number of hydrogen-bond donors (Lipinski definition) is 0. The highest BCUT2D eigenvalue weighted by molar-refractivity contribution is 6.69. The molecule has 0 N–H and O–H groups in total. The van der Waals surface area contributed by atoms with E-state index in [1.54, 1.807) is 0 Å². The SMILES string of the molecule is [B]c1c([B])c([B])c2c(c1[B])c1c([B])c(-c3ccc4c(c3)c3c(-c5ccccc5)cccc3n4-c3ccc(-c4ccccc4)cc3)c([B])c([B])c1n2-c1ccccc1-c1ccccc1. The lowest BCUT2D eigenvalue weighted by Crippen LogP contribution is -2.48. The molecule has 0 fully saturated rings. The van der Waals surface area contributed by atoms with E-state index >= 15 is 0 Å². The van der Waals surface area contributed by atoms with Crippen LogP contribution < -0.4 is 38.2 Å². The van der Waals surface area contributed by atoms with Crippen LogP contribution in [0, 0.1) is 0 Å². The van der Waals surface area contributed by atoms with E-state index in [2.05, 4.69) is 126 Å². The summed E-state index contributed by atoms with van der Waals surface area (Å²) < 4.78 is 4.29. The second kappa shape index (κ2) is 15.1. The predicted molar refractivity (Wildman–Crippen MR) is 275 cm³/mol. The van der Waals surface area contributed by atoms with E-state index in [4.69, 9.17) is 54.9 Å². The highest BCUT2D eigenvalue weighted by Gasteiger charge is 2.26. The van der Waals surface area contributed by atoms with Gasteiger partial charge >= 0.3 is 0 Å². The number of benzene rings is 9. The van der Waals surface area contributed by atoms with E-state index in [1.165, 1.54) is 0 Å². The number of hydrogen-bond acceptors (Lipinski definition) is 0. The van der Waals surface area contributed by atoms with E-state index < -0.39 is 0 Å². The molecule has 276 valence electrons. The third-order valence-electron chi connectivity index (χ3n) is 12.5. The summed E-state index contributed by atoms with van der Waals surface area (Å²) in [7, 11) is 49.0. The Labute approximate surface area is 375 Å². The van der Waals surface area contributed by atoms with Crippen molar-refractivity contribution < 1.29 is 0 Å². The van der Waals surface area contributed by atoms with Gasteiger partial charge in [0.05, 0.1) is 16.7 Å². The molecule has 14 radical (unpaired) electrons. The Balaban J connectivity index is 1.21. The molecule has 63 heavy (non-hydrogen) atoms. The third-order valence-corrected chi connectivity index (χ3v) is 12.5. The first-order chi connectivity index (χ1) is 30.7. The first-order valence-electron chi connectivity index (χ1n) is 20.7. The minimum absolute atomic E-state index is 0.172. The quantitative estimate of drug-likeness (QED) is 0.181. The molecule has 9 heteroatoms. The van der Waals surface area contributed by atoms with Gasteiger partial charge in [-0.1, -0.05) is 167 Å². The molecule has 2 nitrogen and oxygen atoms in total. The molecule has 0 saturated carbocycles. The van der Waals surface area contributed by atoms with Crippen molar-refractivity contribution in [3.05, 3.63) is 176 Å². The summed E-state index contributed by atoms with van der Waals surface area (Å²) in [5.74, 6) is 0. The maximum Gasteiger partial charge on any atom is 0.115 e. The summed E-state index contributed by atoms with van der Waals surface area (Å²) >= 11 is 0. The van der Waals surface area contributed by atoms with Crippen LogP contribution >= 0.6 is 0 Å². The number of nitrogens with zero attached hydrogens (tertiary/aromatic N) is 2. The molecule has 11 aromatic rings. The standard InChI is InChI=1S/C54H29B7N2/c55-46-42(47(56)51(60)53-44(46)45-48(57)49(58)50(59)52(61)54(45)63(53)39-21-11-10-19-36(39)32-15-6-2-7-16-32)34-25-28-40-38(29-34)43-37(33-17-8-3-9-18-33)20-12-22-41(43)62(40)35-26-23-31(24-27-35)30-13-4-1-5-14-30/h1-29H. The van der Waals surface area contributed by atoms with Crippen LogP contribution in [-0.2, 0) is 0 Å². The smallest absolute Gasteiger partial charge is 0.115 e. The van der Waals surface area contributed by atoms with Crippen molar-refractivity contribution in [2.45, 2.75) is 0 Å². The van der Waals surface area contributed by atoms with Gasteiger partial charge in [0, 0.05) is 38.4 Å². The second-order valence-electron chi connectivity index (χ2n) is 16.0. The molecule has 0 aliphatic carbocycles. The lowest BCUT2D eigenvalue weighted by molar-refractivity contribution is 1.18. The van der Waals surface area contributed by atoms with Crippen molar-refractivity contribution in [2.75, 3.05) is 0 Å². The summed E-state index contributed by atoms with van der Waals surface area (Å²) in [6.45, 7) is 0. The Morgan fingerprint density at radius 1 is 0.302 bits per heavy atom. The molecule has 0 aliphatic heterocycles. The lowest BCUT2D eigenvalue weighted by Gasteiger charge is -2.20. The topological polar surface area (TPSA) is 9.86 Å². The zero-order chi connectivity index (χ0) is 43.1. The first-order valence-corrected chi connectivity index (χ1v) is 20.7. The Morgan fingerprint density at radius 2 is 0.810 bits per heavy atom. The first kappa shape index (κ1) is 38.9. The number of aromatic nitrogens is 2. The van der Waals surface area contributed by atoms with E-state index in [9.17, 15) is 0 Å². The van der Waals surface area contributed by atoms with Crippen molar-refractivity contribution in [3.63, 3.8) is 0 Å². The predicted octanol–water partition coefficient (Wildman–Crippen LogP) is 6.11. The minimum atomic E-state index is 0.172. The molecule has 0 atom stereocenters. The molecule has 0 spiro atoms. The van der Waals surface area contributed by atoms with Gasteiger partial charge in [0.2, 0.25) is 0 Å². The maximum absolute atomic E-state index is 7.45. The Hall–Kier alpha value is -6.97. The van der Waals surface area contributed by atoms with Crippen LogP contribution in [-0.4, -0.2) is 64.1 Å². The molecule has 0 bridgehead atoms. The van der Waals surface area contributed by atoms with Gasteiger partial charge < -0.3 is 9.13 Å². The largest absolute Gasteiger partial charge is 0.310 e. The second-order valence-corrected chi connectivity index (χ2v) is 16.0. The minimum Gasteiger partial charge on any atom is -0.310 e. The number of para-hydroxylation sites is 1. The molecule has 9 aromatic carbocycles. The van der Waals surface area contributed by atoms with Gasteiger partial charge in [-0.15, -0.1) is 10.9 Å². The van der Waals surface area contributed by atoms with Gasteiger partial charge in [-0.25, -0.2) is 0 Å². The monoisotopic (exact) mass is 782 g/mol. The zero-order valence-corrected chi connectivity index (χ0v) is 34.2. The molecule has 0 amide bonds. The van der Waals surface area contributed by atoms with Crippen LogP contribution in [0.25, 0.3) is 99.5 Å². The molecule has 2 aromatic heterocycles. The van der Waals surface area contributed by atoms with Crippen molar-refractivity contribution >= 4 is 137 Å². The van der Waals surface area contributed by atoms with Crippen LogP contribution in [0.15, 0.2) is 176 Å². The summed E-state index contributed by atoms with van der Waals surface area (Å²) in [5, 5.41) is 3.24. The Bertz CT molecular complexity index is 3620. The maximum atomic E-state index is 7.45. The molecule has 2 heterocycles. The van der Waals surface area contributed by atoms with Crippen LogP contribution in [0.1, 0.15) is 0 Å². The summed E-state index contributed by atoms with van der Waals surface area (Å²) in [6, 6.07) is 60.4. The van der Waals surface area contributed by atoms with Crippen molar-refractivity contribution in [3.8, 4) is 55.9 Å². The highest BCUT2D eigenvalue weighted by atomic mass is 15.0. The normalized spacial score (nSPS) is 11.6. The fourth-order valence-corrected chi connectivity index (χ4v) is 9.57. The Morgan fingerprint density at radius 3 is 1.48 bits per heavy atom. The average Bonchev–Trinajstić information content (AvgIpc) is 3.87. The number of fused-ring (bicyclic) bond motifs is 6. The van der Waals surface area contributed by atoms with Crippen LogP contribution in [0.5, 0.6) is 0 Å². The molecule has 0 saturated heterocycles. The van der Waals surface area contributed by atoms with Gasteiger partial charge in [-0.3, -0.25) is 0 Å². The molecule has 0 unspecified atom stereocenters. The Kier molecular flexibility index (Phi) is 9.35. The van der Waals surface area contributed by atoms with Crippen LogP contribution in [0.3, 0.4) is 0 Å². The van der Waals surface area contributed by atoms with E-state index in [0.717, 1.165) is 72.1 Å². The van der Waals surface area contributed by atoms with Gasteiger partial charge in [-0.2, -0.15) is 0 Å². The fourth-order valence-electron chi connectivity index (χ4n) is 9.57. The van der Waals surface area contributed by atoms with E-state index in [-0.39, 0.29) is 21.9 Å². The van der Waals surface area contributed by atoms with Gasteiger partial charge in [-0.05, 0) is 80.7 Å². The molecule has 0 aliphatic rings. The van der Waals surface area contributed by atoms with Crippen molar-refractivity contribution in [2.24, 2.45) is 0 Å². The van der Waals surface area contributed by atoms with Crippen LogP contribution in [0.4, 0.5) is 0 Å². The zero-order valence-electron chi connectivity index (χ0n) is 34.2. The highest BCUT2D eigenvalue weighted by Crippen LogP contribution is 2.41. The molecule has 11 rings (SSSR count). The summed E-state index contributed by atoms with van der Waals surface area (Å²) in [4.78, 5) is 0. The van der Waals surface area contributed by atoms with Gasteiger partial charge in [0.15, 0.2) is 0 Å². The van der Waals surface area contributed by atoms with Gasteiger partial charge in [0.1, 0.15) is 54.9 Å². The average molecular weight is 782 g/mol. The van der Waals surface area contributed by atoms with Crippen LogP contribution in [0.2, 0.25) is 0 Å². The fraction of sp³-hybridized carbons (Fsp3) is 0. The van der Waals surface area contributed by atoms with Crippen molar-refractivity contribution in [1.82, 2.24) is 9.13 Å². The molecular weight excluding hydrogens is 752 g/mol. The lowest BCUT2D eigenvalue weighted by atomic mass is 9.64. The van der Waals surface area contributed by atoms with Crippen molar-refractivity contribution in [1.29, 1.82) is 0 Å². The molecular formula is C54H29B7N2. The summed E-state index contributed by atoms with van der Waals surface area (Å²) in [5.41, 5.74) is 14.7. The number of rotatable bonds is 6. The third kappa shape index (κ3) is 5.97. The summed E-state index contributed by atoms with van der Waals surface area (Å²) in [6.07, 6.45) is 0. The van der Waals surface area contributed by atoms with E-state index in [0.29, 0.717) is 43.8 Å². The van der Waals surface area contributed by atoms with E-state index in [1.807, 2.05) is 59.2 Å². The van der Waals surface area contributed by atoms with Gasteiger partial charge in [0.25, 0.3) is 0 Å².